The lowest BCUT2D eigenvalue weighted by atomic mass is 9.77. The summed E-state index contributed by atoms with van der Waals surface area (Å²) in [6.45, 7) is 1.56. The lowest BCUT2D eigenvalue weighted by Crippen LogP contribution is -2.45. The third kappa shape index (κ3) is 1.70. The van der Waals surface area contributed by atoms with Gasteiger partial charge in [-0.2, -0.15) is 0 Å². The fraction of sp³-hybridized carbons (Fsp3) is 0.692. The molecule has 104 valence electrons. The third-order valence-electron chi connectivity index (χ3n) is 4.23. The number of rotatable bonds is 5. The molecule has 0 N–H and O–H groups in total. The summed E-state index contributed by atoms with van der Waals surface area (Å²) in [5.74, 6) is -2.83. The van der Waals surface area contributed by atoms with Crippen LogP contribution in [0.2, 0.25) is 0 Å². The van der Waals surface area contributed by atoms with Crippen molar-refractivity contribution in [2.75, 3.05) is 26.8 Å². The van der Waals surface area contributed by atoms with Crippen molar-refractivity contribution in [2.24, 2.45) is 11.8 Å². The number of nitrogens with zero attached hydrogens (tertiary/aromatic N) is 1. The van der Waals surface area contributed by atoms with Crippen LogP contribution in [0, 0.1) is 11.8 Å². The van der Waals surface area contributed by atoms with Crippen molar-refractivity contribution in [1.82, 2.24) is 4.90 Å². The fourth-order valence-electron chi connectivity index (χ4n) is 3.44. The molecule has 0 aliphatic carbocycles. The predicted molar refractivity (Wildman–Crippen MR) is 61.8 cm³/mol. The molecule has 6 nitrogen and oxygen atoms in total. The number of amides is 1. The van der Waals surface area contributed by atoms with Gasteiger partial charge in [0.25, 0.3) is 0 Å². The Morgan fingerprint density at radius 3 is 3.16 bits per heavy atom. The first-order valence-electron chi connectivity index (χ1n) is 6.45. The second-order valence-electron chi connectivity index (χ2n) is 5.33. The molecule has 0 aromatic carbocycles. The predicted octanol–water partition coefficient (Wildman–Crippen LogP) is -1.45. The van der Waals surface area contributed by atoms with Gasteiger partial charge in [0.15, 0.2) is 0 Å². The van der Waals surface area contributed by atoms with Gasteiger partial charge in [-0.05, 0) is 6.42 Å². The van der Waals surface area contributed by atoms with Crippen LogP contribution >= 0.6 is 0 Å². The Labute approximate surface area is 111 Å². The molecule has 3 aliphatic rings. The number of likely N-dealkylation sites (tertiary alicyclic amines) is 1. The smallest absolute Gasteiger partial charge is 0.229 e. The van der Waals surface area contributed by atoms with E-state index in [1.165, 1.54) is 0 Å². The summed E-state index contributed by atoms with van der Waals surface area (Å²) < 4.78 is 10.7. The van der Waals surface area contributed by atoms with Crippen molar-refractivity contribution in [3.63, 3.8) is 0 Å². The van der Waals surface area contributed by atoms with E-state index in [9.17, 15) is 14.7 Å². The zero-order chi connectivity index (χ0) is 13.6. The SMILES string of the molecule is COCCCN1C[C@]23C=C[C@H](O2)[C@@H](C(=O)[O-])[C@@H]3C1=O. The molecule has 0 saturated carbocycles. The number of carboxylic acid groups (broad SMARTS) is 1. The third-order valence-corrected chi connectivity index (χ3v) is 4.23. The summed E-state index contributed by atoms with van der Waals surface area (Å²) in [5, 5.41) is 11.2. The van der Waals surface area contributed by atoms with E-state index in [0.29, 0.717) is 19.7 Å². The quantitative estimate of drug-likeness (QED) is 0.449. The molecule has 0 aromatic heterocycles. The van der Waals surface area contributed by atoms with Crippen LogP contribution in [0.15, 0.2) is 12.2 Å². The zero-order valence-corrected chi connectivity index (χ0v) is 10.7. The first-order chi connectivity index (χ1) is 9.09. The summed E-state index contributed by atoms with van der Waals surface area (Å²) in [7, 11) is 1.61. The maximum Gasteiger partial charge on any atom is 0.229 e. The Balaban J connectivity index is 1.79. The van der Waals surface area contributed by atoms with Gasteiger partial charge in [-0.25, -0.2) is 0 Å². The highest BCUT2D eigenvalue weighted by molar-refractivity contribution is 5.90. The van der Waals surface area contributed by atoms with Crippen molar-refractivity contribution >= 4 is 11.9 Å². The Bertz CT molecular complexity index is 448. The van der Waals surface area contributed by atoms with Crippen LogP contribution in [-0.4, -0.2) is 55.3 Å². The highest BCUT2D eigenvalue weighted by Gasteiger charge is 2.65. The number of carboxylic acids is 1. The lowest BCUT2D eigenvalue weighted by Gasteiger charge is -2.24. The Hall–Kier alpha value is -1.40. The summed E-state index contributed by atoms with van der Waals surface area (Å²) in [4.78, 5) is 25.3. The van der Waals surface area contributed by atoms with Gasteiger partial charge in [0, 0.05) is 32.1 Å². The molecular weight excluding hydrogens is 250 g/mol. The van der Waals surface area contributed by atoms with Crippen LogP contribution < -0.4 is 5.11 Å². The van der Waals surface area contributed by atoms with Crippen molar-refractivity contribution in [2.45, 2.75) is 18.1 Å². The first-order valence-corrected chi connectivity index (χ1v) is 6.45. The average molecular weight is 266 g/mol. The molecule has 19 heavy (non-hydrogen) atoms. The summed E-state index contributed by atoms with van der Waals surface area (Å²) in [5.41, 5.74) is -0.750. The van der Waals surface area contributed by atoms with Gasteiger partial charge in [0.1, 0.15) is 5.60 Å². The van der Waals surface area contributed by atoms with Crippen LogP contribution in [0.1, 0.15) is 6.42 Å². The van der Waals surface area contributed by atoms with E-state index in [-0.39, 0.29) is 5.91 Å². The van der Waals surface area contributed by atoms with Crippen molar-refractivity contribution < 1.29 is 24.2 Å². The second-order valence-corrected chi connectivity index (χ2v) is 5.33. The summed E-state index contributed by atoms with van der Waals surface area (Å²) in [6, 6.07) is 0. The number of carbonyl (C=O) groups excluding carboxylic acids is 2. The number of ether oxygens (including phenoxy) is 2. The molecule has 1 amide bonds. The number of hydrogen-bond acceptors (Lipinski definition) is 5. The molecule has 0 aromatic rings. The van der Waals surface area contributed by atoms with Crippen molar-refractivity contribution in [3.8, 4) is 0 Å². The molecule has 6 heteroatoms. The van der Waals surface area contributed by atoms with Crippen LogP contribution in [0.25, 0.3) is 0 Å². The standard InChI is InChI=1S/C13H17NO5/c1-18-6-2-5-14-7-13-4-3-8(19-13)9(12(16)17)10(13)11(14)15/h3-4,8-10H,2,5-7H2,1H3,(H,16,17)/p-1/t8-,9+,10+,13-/m0/s1. The number of methoxy groups -OCH3 is 1. The molecule has 3 rings (SSSR count). The minimum absolute atomic E-state index is 0.142. The normalized spacial score (nSPS) is 39.1. The van der Waals surface area contributed by atoms with Crippen LogP contribution in [0.4, 0.5) is 0 Å². The van der Waals surface area contributed by atoms with E-state index in [2.05, 4.69) is 0 Å². The summed E-state index contributed by atoms with van der Waals surface area (Å²) in [6.07, 6.45) is 3.80. The minimum atomic E-state index is -1.20. The molecule has 3 aliphatic heterocycles. The zero-order valence-electron chi connectivity index (χ0n) is 10.7. The van der Waals surface area contributed by atoms with Crippen LogP contribution in [0.3, 0.4) is 0 Å². The van der Waals surface area contributed by atoms with Crippen LogP contribution in [-0.2, 0) is 19.1 Å². The van der Waals surface area contributed by atoms with Gasteiger partial charge >= 0.3 is 0 Å². The Kier molecular flexibility index (Phi) is 2.87. The van der Waals surface area contributed by atoms with Crippen molar-refractivity contribution in [1.29, 1.82) is 0 Å². The molecule has 3 heterocycles. The molecule has 2 fully saturated rings. The van der Waals surface area contributed by atoms with E-state index in [0.717, 1.165) is 6.42 Å². The topological polar surface area (TPSA) is 78.9 Å². The largest absolute Gasteiger partial charge is 0.550 e. The van der Waals surface area contributed by atoms with Crippen molar-refractivity contribution in [3.05, 3.63) is 12.2 Å². The molecule has 2 saturated heterocycles. The van der Waals surface area contributed by atoms with E-state index in [1.54, 1.807) is 18.1 Å². The van der Waals surface area contributed by atoms with Gasteiger partial charge in [0.2, 0.25) is 5.91 Å². The number of hydrogen-bond donors (Lipinski definition) is 0. The first kappa shape index (κ1) is 12.6. The van der Waals surface area contributed by atoms with Gasteiger partial charge < -0.3 is 24.3 Å². The highest BCUT2D eigenvalue weighted by atomic mass is 16.5. The molecule has 4 atom stereocenters. The molecular formula is C13H16NO5-. The van der Waals surface area contributed by atoms with Gasteiger partial charge in [-0.1, -0.05) is 12.2 Å². The molecule has 2 bridgehead atoms. The number of aliphatic carboxylic acids is 1. The van der Waals surface area contributed by atoms with E-state index in [1.807, 2.05) is 6.08 Å². The fourth-order valence-corrected chi connectivity index (χ4v) is 3.44. The van der Waals surface area contributed by atoms with Gasteiger partial charge in [-0.3, -0.25) is 4.79 Å². The van der Waals surface area contributed by atoms with E-state index >= 15 is 0 Å². The number of carbonyl (C=O) groups is 2. The summed E-state index contributed by atoms with van der Waals surface area (Å²) >= 11 is 0. The maximum absolute atomic E-state index is 12.4. The molecule has 0 unspecified atom stereocenters. The average Bonchev–Trinajstić information content (AvgIpc) is 2.99. The van der Waals surface area contributed by atoms with Gasteiger partial charge in [-0.15, -0.1) is 0 Å². The monoisotopic (exact) mass is 266 g/mol. The maximum atomic E-state index is 12.4. The lowest BCUT2D eigenvalue weighted by molar-refractivity contribution is -0.313. The minimum Gasteiger partial charge on any atom is -0.550 e. The van der Waals surface area contributed by atoms with Gasteiger partial charge in [0.05, 0.1) is 18.6 Å². The van der Waals surface area contributed by atoms with Crippen LogP contribution in [0.5, 0.6) is 0 Å². The Morgan fingerprint density at radius 1 is 1.68 bits per heavy atom. The van der Waals surface area contributed by atoms with E-state index < -0.39 is 29.5 Å². The van der Waals surface area contributed by atoms with E-state index in [4.69, 9.17) is 9.47 Å². The Morgan fingerprint density at radius 2 is 2.47 bits per heavy atom. The second kappa shape index (κ2) is 4.31. The molecule has 0 radical (unpaired) electrons. The highest BCUT2D eigenvalue weighted by Crippen LogP contribution is 2.51. The molecule has 1 spiro atoms. The number of fused-ring (bicyclic) bond motifs is 1.